The fraction of sp³-hybridized carbons (Fsp3) is 0.444. The van der Waals surface area contributed by atoms with Crippen LogP contribution in [0.4, 0.5) is 0 Å². The summed E-state index contributed by atoms with van der Waals surface area (Å²) in [5.74, 6) is 0.381. The molecule has 0 amide bonds. The molecule has 0 aliphatic carbocycles. The van der Waals surface area contributed by atoms with Gasteiger partial charge in [-0.15, -0.1) is 6.58 Å². The minimum Gasteiger partial charge on any atom is -0.305 e. The molecule has 0 fully saturated rings. The minimum atomic E-state index is 0.381. The van der Waals surface area contributed by atoms with Crippen LogP contribution in [0.1, 0.15) is 20.3 Å². The Labute approximate surface area is 63.0 Å². The predicted molar refractivity (Wildman–Crippen MR) is 46.5 cm³/mol. The minimum absolute atomic E-state index is 0.381. The van der Waals surface area contributed by atoms with E-state index in [4.69, 9.17) is 5.41 Å². The molecule has 0 heterocycles. The van der Waals surface area contributed by atoms with Crippen LogP contribution in [0.25, 0.3) is 0 Å². The molecule has 0 aliphatic rings. The van der Waals surface area contributed by atoms with Gasteiger partial charge in [0.25, 0.3) is 0 Å². The van der Waals surface area contributed by atoms with Crippen LogP contribution in [0.5, 0.6) is 0 Å². The first kappa shape index (κ1) is 9.15. The van der Waals surface area contributed by atoms with Crippen molar-refractivity contribution in [3.63, 3.8) is 0 Å². The molecule has 1 unspecified atom stereocenters. The smallest absolute Gasteiger partial charge is 0.0308 e. The third kappa shape index (κ3) is 4.07. The van der Waals surface area contributed by atoms with Gasteiger partial charge in [0.15, 0.2) is 0 Å². The molecular weight excluding hydrogens is 122 g/mol. The van der Waals surface area contributed by atoms with E-state index in [1.165, 1.54) is 0 Å². The molecular formula is C9H15N. The number of nitrogens with one attached hydrogen (secondary N) is 1. The lowest BCUT2D eigenvalue weighted by Crippen LogP contribution is -1.88. The molecule has 0 bridgehead atoms. The van der Waals surface area contributed by atoms with E-state index >= 15 is 0 Å². The summed E-state index contributed by atoms with van der Waals surface area (Å²) in [5.41, 5.74) is 0.675. The number of allylic oxidation sites excluding steroid dienone is 3. The Kier molecular flexibility index (Phi) is 4.55. The second-order valence-corrected chi connectivity index (χ2v) is 2.33. The van der Waals surface area contributed by atoms with Crippen LogP contribution < -0.4 is 0 Å². The van der Waals surface area contributed by atoms with Crippen molar-refractivity contribution in [3.05, 3.63) is 24.8 Å². The van der Waals surface area contributed by atoms with Gasteiger partial charge in [0.2, 0.25) is 0 Å². The van der Waals surface area contributed by atoms with Crippen LogP contribution in [0.2, 0.25) is 0 Å². The summed E-state index contributed by atoms with van der Waals surface area (Å²) in [4.78, 5) is 0. The first-order valence-electron chi connectivity index (χ1n) is 3.58. The molecule has 10 heavy (non-hydrogen) atoms. The normalized spacial score (nSPS) is 13.4. The van der Waals surface area contributed by atoms with E-state index in [1.807, 2.05) is 32.1 Å². The Balaban J connectivity index is 3.74. The number of hydrogen-bond acceptors (Lipinski definition) is 1. The van der Waals surface area contributed by atoms with Gasteiger partial charge in [0.05, 0.1) is 0 Å². The van der Waals surface area contributed by atoms with E-state index < -0.39 is 0 Å². The highest BCUT2D eigenvalue weighted by molar-refractivity contribution is 5.91. The fourth-order valence-electron chi connectivity index (χ4n) is 0.464. The molecule has 0 saturated carbocycles. The summed E-state index contributed by atoms with van der Waals surface area (Å²) in [6.45, 7) is 7.67. The maximum absolute atomic E-state index is 7.28. The molecule has 0 spiro atoms. The van der Waals surface area contributed by atoms with Crippen LogP contribution in [0.15, 0.2) is 24.8 Å². The van der Waals surface area contributed by atoms with Crippen molar-refractivity contribution in [2.75, 3.05) is 0 Å². The van der Waals surface area contributed by atoms with Gasteiger partial charge in [-0.25, -0.2) is 0 Å². The van der Waals surface area contributed by atoms with E-state index in [0.717, 1.165) is 6.42 Å². The highest BCUT2D eigenvalue weighted by Gasteiger charge is 1.87. The van der Waals surface area contributed by atoms with Gasteiger partial charge >= 0.3 is 0 Å². The van der Waals surface area contributed by atoms with E-state index in [0.29, 0.717) is 11.6 Å². The molecule has 1 N–H and O–H groups in total. The zero-order valence-electron chi connectivity index (χ0n) is 6.72. The molecule has 0 rings (SSSR count). The highest BCUT2D eigenvalue weighted by Crippen LogP contribution is 1.97. The van der Waals surface area contributed by atoms with Crippen LogP contribution >= 0.6 is 0 Å². The third-order valence-corrected chi connectivity index (χ3v) is 1.35. The summed E-state index contributed by atoms with van der Waals surface area (Å²) in [7, 11) is 0. The van der Waals surface area contributed by atoms with Crippen LogP contribution in [0, 0.1) is 11.3 Å². The topological polar surface area (TPSA) is 23.9 Å². The van der Waals surface area contributed by atoms with Gasteiger partial charge in [0, 0.05) is 5.71 Å². The van der Waals surface area contributed by atoms with Crippen LogP contribution in [-0.2, 0) is 0 Å². The highest BCUT2D eigenvalue weighted by atomic mass is 14.4. The van der Waals surface area contributed by atoms with Gasteiger partial charge in [0.1, 0.15) is 0 Å². The molecule has 1 nitrogen and oxygen atoms in total. The summed E-state index contributed by atoms with van der Waals surface area (Å²) in [6.07, 6.45) is 6.49. The van der Waals surface area contributed by atoms with Crippen molar-refractivity contribution < 1.29 is 0 Å². The number of rotatable bonds is 4. The van der Waals surface area contributed by atoms with Crippen LogP contribution in [-0.4, -0.2) is 5.71 Å². The Morgan fingerprint density at radius 2 is 2.30 bits per heavy atom. The average Bonchev–Trinajstić information content (AvgIpc) is 1.99. The van der Waals surface area contributed by atoms with Gasteiger partial charge in [-0.2, -0.15) is 0 Å². The molecule has 56 valence electrons. The average molecular weight is 137 g/mol. The Morgan fingerprint density at radius 1 is 1.70 bits per heavy atom. The van der Waals surface area contributed by atoms with E-state index in [9.17, 15) is 0 Å². The quantitative estimate of drug-likeness (QED) is 0.455. The summed E-state index contributed by atoms with van der Waals surface area (Å²) < 4.78 is 0. The van der Waals surface area contributed by atoms with E-state index in [2.05, 4.69) is 6.58 Å². The third-order valence-electron chi connectivity index (χ3n) is 1.35. The molecule has 0 aromatic rings. The second-order valence-electron chi connectivity index (χ2n) is 2.33. The summed E-state index contributed by atoms with van der Waals surface area (Å²) in [6, 6.07) is 0. The number of hydrogen-bond donors (Lipinski definition) is 1. The molecule has 0 aliphatic heterocycles. The van der Waals surface area contributed by atoms with Crippen LogP contribution in [0.3, 0.4) is 0 Å². The first-order valence-corrected chi connectivity index (χ1v) is 3.58. The largest absolute Gasteiger partial charge is 0.305 e. The molecule has 0 radical (unpaired) electrons. The summed E-state index contributed by atoms with van der Waals surface area (Å²) in [5, 5.41) is 7.28. The summed E-state index contributed by atoms with van der Waals surface area (Å²) >= 11 is 0. The van der Waals surface area contributed by atoms with Crippen molar-refractivity contribution in [2.45, 2.75) is 20.3 Å². The van der Waals surface area contributed by atoms with Gasteiger partial charge in [-0.1, -0.05) is 26.0 Å². The SMILES string of the molecule is C=CC(C)/C=C\C(=N)CC. The molecule has 0 aromatic heterocycles. The lowest BCUT2D eigenvalue weighted by atomic mass is 10.1. The predicted octanol–water partition coefficient (Wildman–Crippen LogP) is 2.79. The van der Waals surface area contributed by atoms with Crippen molar-refractivity contribution in [2.24, 2.45) is 5.92 Å². The van der Waals surface area contributed by atoms with Gasteiger partial charge in [-0.3, -0.25) is 0 Å². The Morgan fingerprint density at radius 3 is 2.70 bits per heavy atom. The van der Waals surface area contributed by atoms with E-state index in [1.54, 1.807) is 0 Å². The maximum atomic E-state index is 7.28. The van der Waals surface area contributed by atoms with Crippen molar-refractivity contribution in [3.8, 4) is 0 Å². The molecule has 0 saturated heterocycles. The molecule has 1 atom stereocenters. The Bertz CT molecular complexity index is 145. The standard InChI is InChI=1S/C9H15N/c1-4-8(3)6-7-9(10)5-2/h4,6-8,10H,1,5H2,2-3H3/b7-6-,10-9?. The first-order chi connectivity index (χ1) is 4.70. The van der Waals surface area contributed by atoms with Gasteiger partial charge in [-0.05, 0) is 18.4 Å². The molecule has 0 aromatic carbocycles. The zero-order valence-corrected chi connectivity index (χ0v) is 6.72. The lowest BCUT2D eigenvalue weighted by molar-refractivity contribution is 0.944. The fourth-order valence-corrected chi connectivity index (χ4v) is 0.464. The zero-order chi connectivity index (χ0) is 7.98. The van der Waals surface area contributed by atoms with Crippen molar-refractivity contribution in [1.82, 2.24) is 0 Å². The van der Waals surface area contributed by atoms with Gasteiger partial charge < -0.3 is 5.41 Å². The second kappa shape index (κ2) is 4.98. The van der Waals surface area contributed by atoms with Crippen molar-refractivity contribution >= 4 is 5.71 Å². The molecule has 1 heteroatoms. The maximum Gasteiger partial charge on any atom is 0.0308 e. The lowest BCUT2D eigenvalue weighted by Gasteiger charge is -1.94. The van der Waals surface area contributed by atoms with E-state index in [-0.39, 0.29) is 0 Å². The van der Waals surface area contributed by atoms with Crippen molar-refractivity contribution in [1.29, 1.82) is 5.41 Å². The monoisotopic (exact) mass is 137 g/mol. The Hall–Kier alpha value is -0.850.